The molecule has 0 unspecified atom stereocenters. The van der Waals surface area contributed by atoms with Gasteiger partial charge in [-0.15, -0.1) is 0 Å². The lowest BCUT2D eigenvalue weighted by Gasteiger charge is -2.08. The van der Waals surface area contributed by atoms with Gasteiger partial charge in [0.15, 0.2) is 14.9 Å². The second kappa shape index (κ2) is 6.20. The van der Waals surface area contributed by atoms with Gasteiger partial charge in [-0.25, -0.2) is 22.6 Å². The average molecular weight is 349 g/mol. The van der Waals surface area contributed by atoms with Crippen molar-refractivity contribution in [3.8, 4) is 0 Å². The molecule has 2 amide bonds. The van der Waals surface area contributed by atoms with E-state index >= 15 is 0 Å². The second-order valence-electron chi connectivity index (χ2n) is 5.76. The number of sulfone groups is 1. The number of carbonyl (C=O) groups is 1. The van der Waals surface area contributed by atoms with Crippen LogP contribution in [0, 0.1) is 5.82 Å². The first-order valence-electron chi connectivity index (χ1n) is 7.32. The van der Waals surface area contributed by atoms with Crippen LogP contribution >= 0.6 is 0 Å². The first-order valence-corrected chi connectivity index (χ1v) is 9.21. The molecule has 1 saturated carbocycles. The molecule has 1 fully saturated rings. The monoisotopic (exact) mass is 349 g/mol. The first-order chi connectivity index (χ1) is 11.3. The van der Waals surface area contributed by atoms with E-state index in [1.165, 1.54) is 30.5 Å². The van der Waals surface area contributed by atoms with Crippen molar-refractivity contribution < 1.29 is 17.6 Å². The molecule has 126 valence electrons. The van der Waals surface area contributed by atoms with E-state index in [0.29, 0.717) is 5.69 Å². The number of rotatable bonds is 4. The molecule has 2 atom stereocenters. The Labute approximate surface area is 139 Å². The Morgan fingerprint density at radius 3 is 2.71 bits per heavy atom. The van der Waals surface area contributed by atoms with E-state index in [9.17, 15) is 17.6 Å². The van der Waals surface area contributed by atoms with Crippen molar-refractivity contribution in [1.82, 2.24) is 10.3 Å². The predicted molar refractivity (Wildman–Crippen MR) is 87.0 cm³/mol. The Balaban J connectivity index is 1.55. The highest BCUT2D eigenvalue weighted by molar-refractivity contribution is 7.90. The highest BCUT2D eigenvalue weighted by Crippen LogP contribution is 2.40. The molecule has 3 rings (SSSR count). The molecule has 0 bridgehead atoms. The topological polar surface area (TPSA) is 88.2 Å². The third-order valence-electron chi connectivity index (χ3n) is 3.76. The van der Waals surface area contributed by atoms with E-state index in [4.69, 9.17) is 0 Å². The van der Waals surface area contributed by atoms with Gasteiger partial charge in [0.1, 0.15) is 5.82 Å². The second-order valence-corrected chi connectivity index (χ2v) is 7.72. The number of nitrogens with one attached hydrogen (secondary N) is 2. The van der Waals surface area contributed by atoms with Crippen LogP contribution in [0.2, 0.25) is 0 Å². The van der Waals surface area contributed by atoms with Gasteiger partial charge in [0, 0.05) is 18.2 Å². The van der Waals surface area contributed by atoms with Crippen LogP contribution in [0.25, 0.3) is 0 Å². The number of benzene rings is 1. The zero-order chi connectivity index (χ0) is 17.3. The summed E-state index contributed by atoms with van der Waals surface area (Å²) in [6.07, 6.45) is 3.10. The van der Waals surface area contributed by atoms with Gasteiger partial charge >= 0.3 is 6.03 Å². The number of carbonyl (C=O) groups excluding carboxylic acids is 1. The summed E-state index contributed by atoms with van der Waals surface area (Å²) in [6.45, 7) is 0. The highest BCUT2D eigenvalue weighted by Gasteiger charge is 2.39. The molecule has 24 heavy (non-hydrogen) atoms. The van der Waals surface area contributed by atoms with E-state index < -0.39 is 15.9 Å². The number of anilines is 1. The average Bonchev–Trinajstić information content (AvgIpc) is 3.26. The van der Waals surface area contributed by atoms with E-state index in [2.05, 4.69) is 15.6 Å². The van der Waals surface area contributed by atoms with Crippen molar-refractivity contribution in [2.75, 3.05) is 11.6 Å². The summed E-state index contributed by atoms with van der Waals surface area (Å²) in [4.78, 5) is 15.7. The largest absolute Gasteiger partial charge is 0.334 e. The van der Waals surface area contributed by atoms with Gasteiger partial charge in [-0.3, -0.25) is 0 Å². The quantitative estimate of drug-likeness (QED) is 0.886. The Bertz CT molecular complexity index is 868. The molecule has 1 aliphatic carbocycles. The number of halogens is 1. The third kappa shape index (κ3) is 3.88. The fourth-order valence-corrected chi connectivity index (χ4v) is 3.03. The van der Waals surface area contributed by atoms with E-state index in [0.717, 1.165) is 18.2 Å². The molecule has 2 aromatic rings. The van der Waals surface area contributed by atoms with Crippen molar-refractivity contribution in [1.29, 1.82) is 0 Å². The zero-order valence-electron chi connectivity index (χ0n) is 12.9. The minimum atomic E-state index is -3.37. The molecule has 0 radical (unpaired) electrons. The molecule has 1 aromatic heterocycles. The number of hydrogen-bond donors (Lipinski definition) is 2. The van der Waals surface area contributed by atoms with Crippen molar-refractivity contribution in [2.45, 2.75) is 23.4 Å². The summed E-state index contributed by atoms with van der Waals surface area (Å²) < 4.78 is 35.9. The van der Waals surface area contributed by atoms with Crippen LogP contribution in [-0.2, 0) is 9.84 Å². The lowest BCUT2D eigenvalue weighted by Crippen LogP contribution is -2.31. The van der Waals surface area contributed by atoms with Crippen LogP contribution in [0.5, 0.6) is 0 Å². The molecule has 0 aliphatic heterocycles. The lowest BCUT2D eigenvalue weighted by atomic mass is 10.1. The van der Waals surface area contributed by atoms with E-state index in [-0.39, 0.29) is 22.8 Å². The van der Waals surface area contributed by atoms with E-state index in [1.807, 2.05) is 6.07 Å². The first kappa shape index (κ1) is 16.4. The van der Waals surface area contributed by atoms with Gasteiger partial charge in [-0.1, -0.05) is 12.1 Å². The maximum atomic E-state index is 13.2. The van der Waals surface area contributed by atoms with Crippen LogP contribution in [0.1, 0.15) is 17.9 Å². The summed E-state index contributed by atoms with van der Waals surface area (Å²) in [5.41, 5.74) is 1.25. The number of pyridine rings is 1. The Kier molecular flexibility index (Phi) is 4.23. The number of hydrogen-bond acceptors (Lipinski definition) is 4. The number of aromatic nitrogens is 1. The molecule has 0 spiro atoms. The molecule has 1 heterocycles. The van der Waals surface area contributed by atoms with Crippen molar-refractivity contribution in [3.63, 3.8) is 0 Å². The fourth-order valence-electron chi connectivity index (χ4n) is 2.47. The fraction of sp³-hybridized carbons (Fsp3) is 0.250. The van der Waals surface area contributed by atoms with Crippen LogP contribution in [0.4, 0.5) is 14.9 Å². The molecule has 6 nitrogen and oxygen atoms in total. The van der Waals surface area contributed by atoms with Gasteiger partial charge in [-0.2, -0.15) is 0 Å². The van der Waals surface area contributed by atoms with E-state index in [1.54, 1.807) is 6.07 Å². The summed E-state index contributed by atoms with van der Waals surface area (Å²) in [5, 5.41) is 5.34. The highest BCUT2D eigenvalue weighted by atomic mass is 32.2. The van der Waals surface area contributed by atoms with Gasteiger partial charge in [-0.05, 0) is 36.2 Å². The van der Waals surface area contributed by atoms with Crippen molar-refractivity contribution in [2.24, 2.45) is 0 Å². The molecule has 2 N–H and O–H groups in total. The van der Waals surface area contributed by atoms with Gasteiger partial charge in [0.2, 0.25) is 0 Å². The van der Waals surface area contributed by atoms with Crippen LogP contribution in [-0.4, -0.2) is 31.7 Å². The number of amides is 2. The Hall–Kier alpha value is -2.48. The lowest BCUT2D eigenvalue weighted by molar-refractivity contribution is 0.251. The molecule has 1 aromatic carbocycles. The minimum absolute atomic E-state index is 0.0462. The van der Waals surface area contributed by atoms with Crippen LogP contribution < -0.4 is 10.6 Å². The summed E-state index contributed by atoms with van der Waals surface area (Å²) in [6, 6.07) is 8.68. The smallest absolute Gasteiger partial charge is 0.319 e. The third-order valence-corrected chi connectivity index (χ3v) is 4.76. The Morgan fingerprint density at radius 2 is 2.08 bits per heavy atom. The molecule has 1 aliphatic rings. The zero-order valence-corrected chi connectivity index (χ0v) is 13.7. The van der Waals surface area contributed by atoms with Crippen LogP contribution in [0.3, 0.4) is 0 Å². The summed E-state index contributed by atoms with van der Waals surface area (Å²) in [7, 11) is -3.37. The normalized spacial score (nSPS) is 19.6. The molecular weight excluding hydrogens is 333 g/mol. The summed E-state index contributed by atoms with van der Waals surface area (Å²) in [5.74, 6) is -0.183. The summed E-state index contributed by atoms with van der Waals surface area (Å²) >= 11 is 0. The number of urea groups is 1. The number of nitrogens with zero attached hydrogens (tertiary/aromatic N) is 1. The maximum absolute atomic E-state index is 13.2. The Morgan fingerprint density at radius 1 is 1.29 bits per heavy atom. The van der Waals surface area contributed by atoms with Gasteiger partial charge in [0.05, 0.1) is 11.9 Å². The van der Waals surface area contributed by atoms with Crippen LogP contribution in [0.15, 0.2) is 47.6 Å². The van der Waals surface area contributed by atoms with Crippen molar-refractivity contribution >= 4 is 21.6 Å². The van der Waals surface area contributed by atoms with Gasteiger partial charge in [0.25, 0.3) is 0 Å². The maximum Gasteiger partial charge on any atom is 0.319 e. The molecule has 0 saturated heterocycles. The molecular formula is C16H16FN3O3S. The predicted octanol–water partition coefficient (Wildman–Crippen LogP) is 2.30. The van der Waals surface area contributed by atoms with Gasteiger partial charge < -0.3 is 10.6 Å². The minimum Gasteiger partial charge on any atom is -0.334 e. The van der Waals surface area contributed by atoms with Crippen molar-refractivity contribution in [3.05, 3.63) is 54.0 Å². The SMILES string of the molecule is CS(=O)(=O)c1ccc(NC(=O)N[C@@H]2C[C@H]2c2cccc(F)c2)cn1. The standard InChI is InChI=1S/C16H16FN3O3S/c1-24(22,23)15-6-5-12(9-18-15)19-16(21)20-14-8-13(14)10-3-2-4-11(17)7-10/h2-7,9,13-14H,8H2,1H3,(H2,19,20,21)/t13-,14+/m0/s1. The molecule has 8 heteroatoms.